The summed E-state index contributed by atoms with van der Waals surface area (Å²) in [4.78, 5) is 13.1. The SMILES string of the molecule is CC(C)CC1C(=O)N(CS(=O)(=O)Cc2ccc(Cl)cc2)S(=O)(=O)N1Cc1ccccc1. The van der Waals surface area contributed by atoms with Crippen LogP contribution in [0.2, 0.25) is 5.02 Å². The number of rotatable bonds is 8. The van der Waals surface area contributed by atoms with Crippen molar-refractivity contribution in [3.63, 3.8) is 0 Å². The third-order valence-corrected chi connectivity index (χ3v) is 8.63. The zero-order valence-corrected chi connectivity index (χ0v) is 19.7. The molecule has 31 heavy (non-hydrogen) atoms. The summed E-state index contributed by atoms with van der Waals surface area (Å²) < 4.78 is 53.6. The largest absolute Gasteiger partial charge is 0.308 e. The lowest BCUT2D eigenvalue weighted by molar-refractivity contribution is -0.127. The zero-order chi connectivity index (χ0) is 22.8. The number of amides is 1. The molecule has 1 fully saturated rings. The highest BCUT2D eigenvalue weighted by molar-refractivity contribution is 7.92. The van der Waals surface area contributed by atoms with Crippen molar-refractivity contribution >= 4 is 37.6 Å². The molecule has 168 valence electrons. The van der Waals surface area contributed by atoms with Crippen LogP contribution in [-0.2, 0) is 37.1 Å². The Morgan fingerprint density at radius 2 is 1.61 bits per heavy atom. The minimum Gasteiger partial charge on any atom is -0.272 e. The van der Waals surface area contributed by atoms with Gasteiger partial charge in [0.2, 0.25) is 0 Å². The number of hydrogen-bond acceptors (Lipinski definition) is 5. The first-order valence-electron chi connectivity index (χ1n) is 9.82. The maximum absolute atomic E-state index is 13.2. The first kappa shape index (κ1) is 23.7. The molecule has 0 radical (unpaired) electrons. The lowest BCUT2D eigenvalue weighted by Gasteiger charge is -2.21. The minimum absolute atomic E-state index is 0.0000317. The third kappa shape index (κ3) is 5.65. The predicted molar refractivity (Wildman–Crippen MR) is 120 cm³/mol. The Morgan fingerprint density at radius 3 is 2.19 bits per heavy atom. The molecule has 1 aliphatic heterocycles. The molecule has 10 heteroatoms. The molecule has 2 aromatic carbocycles. The summed E-state index contributed by atoms with van der Waals surface area (Å²) in [5, 5.41) is 0.464. The summed E-state index contributed by atoms with van der Waals surface area (Å²) in [6.07, 6.45) is 0.304. The molecule has 0 spiro atoms. The second kappa shape index (κ2) is 9.28. The highest BCUT2D eigenvalue weighted by atomic mass is 35.5. The van der Waals surface area contributed by atoms with Gasteiger partial charge in [0.25, 0.3) is 5.91 Å². The van der Waals surface area contributed by atoms with Gasteiger partial charge in [-0.2, -0.15) is 12.7 Å². The normalized spacial score (nSPS) is 19.3. The molecule has 0 aliphatic carbocycles. The van der Waals surface area contributed by atoms with E-state index < -0.39 is 43.6 Å². The van der Waals surface area contributed by atoms with E-state index in [2.05, 4.69) is 0 Å². The Labute approximate surface area is 188 Å². The van der Waals surface area contributed by atoms with Gasteiger partial charge in [-0.1, -0.05) is 67.9 Å². The fraction of sp³-hybridized carbons (Fsp3) is 0.381. The smallest absolute Gasteiger partial charge is 0.272 e. The topological polar surface area (TPSA) is 91.8 Å². The van der Waals surface area contributed by atoms with E-state index >= 15 is 0 Å². The molecule has 1 atom stereocenters. The predicted octanol–water partition coefficient (Wildman–Crippen LogP) is 3.22. The highest BCUT2D eigenvalue weighted by Gasteiger charge is 2.51. The number of benzene rings is 2. The van der Waals surface area contributed by atoms with E-state index in [9.17, 15) is 21.6 Å². The first-order chi connectivity index (χ1) is 14.5. The van der Waals surface area contributed by atoms with Crippen LogP contribution in [0, 0.1) is 5.92 Å². The van der Waals surface area contributed by atoms with Crippen molar-refractivity contribution in [2.75, 3.05) is 5.88 Å². The summed E-state index contributed by atoms with van der Waals surface area (Å²) in [6.45, 7) is 3.78. The van der Waals surface area contributed by atoms with Crippen molar-refractivity contribution in [2.24, 2.45) is 5.92 Å². The highest BCUT2D eigenvalue weighted by Crippen LogP contribution is 2.31. The molecule has 1 aliphatic rings. The van der Waals surface area contributed by atoms with Gasteiger partial charge in [0.1, 0.15) is 11.9 Å². The number of halogens is 1. The number of carbonyl (C=O) groups excluding carboxylic acids is 1. The first-order valence-corrected chi connectivity index (χ1v) is 13.4. The van der Waals surface area contributed by atoms with Crippen molar-refractivity contribution < 1.29 is 21.6 Å². The standard InChI is InChI=1S/C21H25ClN2O5S2/c1-16(2)12-20-21(25)24(15-30(26,27)14-18-8-10-19(22)11-9-18)31(28,29)23(20)13-17-6-4-3-5-7-17/h3-11,16,20H,12-15H2,1-2H3. The van der Waals surface area contributed by atoms with Crippen LogP contribution < -0.4 is 0 Å². The minimum atomic E-state index is -4.29. The quantitative estimate of drug-likeness (QED) is 0.573. The second-order valence-corrected chi connectivity index (χ2v) is 12.3. The molecular weight excluding hydrogens is 460 g/mol. The van der Waals surface area contributed by atoms with Gasteiger partial charge in [0.05, 0.1) is 5.75 Å². The molecule has 3 rings (SSSR count). The van der Waals surface area contributed by atoms with Crippen LogP contribution in [0.1, 0.15) is 31.4 Å². The molecule has 0 N–H and O–H groups in total. The van der Waals surface area contributed by atoms with Crippen molar-refractivity contribution in [3.8, 4) is 0 Å². The van der Waals surface area contributed by atoms with Crippen LogP contribution >= 0.6 is 11.6 Å². The maximum atomic E-state index is 13.2. The van der Waals surface area contributed by atoms with Gasteiger partial charge in [0, 0.05) is 11.6 Å². The average molecular weight is 485 g/mol. The summed E-state index contributed by atoms with van der Waals surface area (Å²) >= 11 is 5.83. The molecule has 1 heterocycles. The molecule has 0 bridgehead atoms. The van der Waals surface area contributed by atoms with Crippen LogP contribution in [-0.4, -0.2) is 43.3 Å². The van der Waals surface area contributed by atoms with Crippen molar-refractivity contribution in [2.45, 2.75) is 38.6 Å². The number of sulfone groups is 1. The lowest BCUT2D eigenvalue weighted by Crippen LogP contribution is -2.38. The van der Waals surface area contributed by atoms with E-state index in [0.717, 1.165) is 9.87 Å². The van der Waals surface area contributed by atoms with Crippen LogP contribution in [0.25, 0.3) is 0 Å². The van der Waals surface area contributed by atoms with Crippen LogP contribution in [0.5, 0.6) is 0 Å². The van der Waals surface area contributed by atoms with E-state index in [1.807, 2.05) is 19.9 Å². The Hall–Kier alpha value is -1.94. The lowest BCUT2D eigenvalue weighted by atomic mass is 10.0. The molecule has 1 unspecified atom stereocenters. The molecule has 0 saturated carbocycles. The molecule has 1 saturated heterocycles. The van der Waals surface area contributed by atoms with Crippen LogP contribution in [0.3, 0.4) is 0 Å². The molecule has 2 aromatic rings. The van der Waals surface area contributed by atoms with Crippen molar-refractivity contribution in [1.82, 2.24) is 8.61 Å². The number of carbonyl (C=O) groups is 1. The van der Waals surface area contributed by atoms with E-state index in [1.54, 1.807) is 48.5 Å². The van der Waals surface area contributed by atoms with Crippen LogP contribution in [0.15, 0.2) is 54.6 Å². The monoisotopic (exact) mass is 484 g/mol. The van der Waals surface area contributed by atoms with Gasteiger partial charge < -0.3 is 0 Å². The molecule has 0 aromatic heterocycles. The van der Waals surface area contributed by atoms with Crippen molar-refractivity contribution in [3.05, 3.63) is 70.7 Å². The van der Waals surface area contributed by atoms with Crippen molar-refractivity contribution in [1.29, 1.82) is 0 Å². The van der Waals surface area contributed by atoms with Gasteiger partial charge in [-0.15, -0.1) is 0 Å². The molecule has 7 nitrogen and oxygen atoms in total. The van der Waals surface area contributed by atoms with Gasteiger partial charge in [-0.3, -0.25) is 4.79 Å². The summed E-state index contributed by atoms with van der Waals surface area (Å²) in [5.41, 5.74) is 1.19. The summed E-state index contributed by atoms with van der Waals surface area (Å²) in [5.74, 6) is -1.94. The van der Waals surface area contributed by atoms with Gasteiger partial charge >= 0.3 is 10.2 Å². The molecule has 1 amide bonds. The third-order valence-electron chi connectivity index (χ3n) is 4.94. The summed E-state index contributed by atoms with van der Waals surface area (Å²) in [7, 11) is -8.21. The second-order valence-electron chi connectivity index (χ2n) is 8.01. The fourth-order valence-electron chi connectivity index (χ4n) is 3.50. The van der Waals surface area contributed by atoms with Gasteiger partial charge in [-0.05, 0) is 35.6 Å². The van der Waals surface area contributed by atoms with Crippen LogP contribution in [0.4, 0.5) is 0 Å². The van der Waals surface area contributed by atoms with Gasteiger partial charge in [-0.25, -0.2) is 12.7 Å². The van der Waals surface area contributed by atoms with Gasteiger partial charge in [0.15, 0.2) is 9.84 Å². The summed E-state index contributed by atoms with van der Waals surface area (Å²) in [6, 6.07) is 14.2. The zero-order valence-electron chi connectivity index (χ0n) is 17.3. The Kier molecular flexibility index (Phi) is 7.10. The number of hydrogen-bond donors (Lipinski definition) is 0. The Morgan fingerprint density at radius 1 is 1.00 bits per heavy atom. The van der Waals surface area contributed by atoms with E-state index in [4.69, 9.17) is 11.6 Å². The van der Waals surface area contributed by atoms with E-state index in [1.165, 1.54) is 0 Å². The Balaban J connectivity index is 1.88. The number of nitrogens with zero attached hydrogens (tertiary/aromatic N) is 2. The average Bonchev–Trinajstić information content (AvgIpc) is 2.85. The molecular formula is C21H25ClN2O5S2. The Bertz CT molecular complexity index is 1130. The maximum Gasteiger partial charge on any atom is 0.308 e. The van der Waals surface area contributed by atoms with E-state index in [-0.39, 0.29) is 12.5 Å². The fourth-order valence-corrected chi connectivity index (χ4v) is 7.33. The van der Waals surface area contributed by atoms with E-state index in [0.29, 0.717) is 21.3 Å².